The molecule has 3 aromatic rings. The van der Waals surface area contributed by atoms with Gasteiger partial charge in [-0.2, -0.15) is 4.31 Å². The highest BCUT2D eigenvalue weighted by molar-refractivity contribution is 7.89. The smallest absolute Gasteiger partial charge is 0.247 e. The lowest BCUT2D eigenvalue weighted by Gasteiger charge is -2.30. The Balaban J connectivity index is 1.41. The number of benzene rings is 2. The molecule has 2 fully saturated rings. The predicted octanol–water partition coefficient (Wildman–Crippen LogP) is 3.22. The van der Waals surface area contributed by atoms with Crippen molar-refractivity contribution in [3.05, 3.63) is 42.5 Å². The summed E-state index contributed by atoms with van der Waals surface area (Å²) in [5.41, 5.74) is 0.774. The number of fused-ring (bicyclic) bond motifs is 1. The first-order chi connectivity index (χ1) is 18.9. The van der Waals surface area contributed by atoms with Gasteiger partial charge in [0.2, 0.25) is 15.9 Å². The summed E-state index contributed by atoms with van der Waals surface area (Å²) in [6.07, 6.45) is 1.82. The summed E-state index contributed by atoms with van der Waals surface area (Å²) in [5.74, 6) is 1.05. The van der Waals surface area contributed by atoms with Crippen molar-refractivity contribution in [2.24, 2.45) is 0 Å². The van der Waals surface area contributed by atoms with Crippen LogP contribution in [-0.4, -0.2) is 94.7 Å². The Morgan fingerprint density at radius 1 is 1.08 bits per heavy atom. The zero-order valence-electron chi connectivity index (χ0n) is 22.2. The number of rotatable bonds is 10. The Labute approximate surface area is 233 Å². The fraction of sp³-hybridized carbons (Fsp3) is 0.481. The zero-order valence-corrected chi connectivity index (χ0v) is 23.9. The lowest BCUT2D eigenvalue weighted by Crippen LogP contribution is -2.48. The quantitative estimate of drug-likeness (QED) is 0.364. The first kappa shape index (κ1) is 27.8. The van der Waals surface area contributed by atoms with Gasteiger partial charge >= 0.3 is 0 Å². The Hall–Kier alpha value is -2.77. The van der Waals surface area contributed by atoms with Crippen LogP contribution in [0.5, 0.6) is 11.5 Å². The Bertz CT molecular complexity index is 1390. The molecular weight excluding hydrogens is 540 g/mol. The molecule has 1 unspecified atom stereocenters. The van der Waals surface area contributed by atoms with E-state index in [1.54, 1.807) is 24.1 Å². The van der Waals surface area contributed by atoms with Crippen molar-refractivity contribution in [2.45, 2.75) is 30.2 Å². The van der Waals surface area contributed by atoms with Crippen LogP contribution >= 0.6 is 11.3 Å². The van der Waals surface area contributed by atoms with Gasteiger partial charge in [-0.05, 0) is 61.7 Å². The van der Waals surface area contributed by atoms with E-state index in [0.717, 1.165) is 42.0 Å². The molecule has 0 spiro atoms. The number of carbonyl (C=O) groups excluding carboxylic acids is 1. The van der Waals surface area contributed by atoms with Crippen LogP contribution in [0.1, 0.15) is 19.3 Å². The minimum atomic E-state index is -3.87. The third-order valence-electron chi connectivity index (χ3n) is 7.20. The molecule has 12 heteroatoms. The van der Waals surface area contributed by atoms with Gasteiger partial charge < -0.3 is 14.2 Å². The number of carbonyl (C=O) groups is 1. The lowest BCUT2D eigenvalue weighted by atomic mass is 10.2. The summed E-state index contributed by atoms with van der Waals surface area (Å²) in [4.78, 5) is 23.0. The van der Waals surface area contributed by atoms with E-state index < -0.39 is 16.1 Å². The fourth-order valence-corrected chi connectivity index (χ4v) is 7.73. The SMILES string of the molecule is COc1ccc(S(=O)(=O)N2CCCC2C(=O)N(CCCN2CCOCC2)c2nc3ccc(OC)cc3s2)cc1. The van der Waals surface area contributed by atoms with Crippen LogP contribution in [0.4, 0.5) is 5.13 Å². The standard InChI is InChI=1S/C27H34N4O6S2/c1-35-20-6-9-22(10-7-20)39(33,34)31-14-3-5-24(31)26(32)30(13-4-12-29-15-17-37-18-16-29)27-28-23-11-8-21(36-2)19-25(23)38-27/h6-11,19,24H,3-5,12-18H2,1-2H3. The number of nitrogens with zero attached hydrogens (tertiary/aromatic N) is 4. The van der Waals surface area contributed by atoms with Gasteiger partial charge in [0.15, 0.2) is 5.13 Å². The number of ether oxygens (including phenoxy) is 3. The van der Waals surface area contributed by atoms with E-state index in [4.69, 9.17) is 19.2 Å². The van der Waals surface area contributed by atoms with E-state index in [9.17, 15) is 13.2 Å². The number of thiazole rings is 1. The van der Waals surface area contributed by atoms with Crippen molar-refractivity contribution in [2.75, 3.05) is 65.1 Å². The third-order valence-corrected chi connectivity index (χ3v) is 10.2. The number of hydrogen-bond donors (Lipinski definition) is 0. The van der Waals surface area contributed by atoms with Gasteiger partial charge in [0.1, 0.15) is 17.5 Å². The van der Waals surface area contributed by atoms with E-state index >= 15 is 0 Å². The highest BCUT2D eigenvalue weighted by Gasteiger charge is 2.42. The summed E-state index contributed by atoms with van der Waals surface area (Å²) in [5, 5.41) is 0.568. The van der Waals surface area contributed by atoms with E-state index in [-0.39, 0.29) is 10.8 Å². The number of sulfonamides is 1. The Morgan fingerprint density at radius 2 is 1.79 bits per heavy atom. The van der Waals surface area contributed by atoms with Crippen LogP contribution in [0, 0.1) is 0 Å². The summed E-state index contributed by atoms with van der Waals surface area (Å²) in [7, 11) is -0.724. The van der Waals surface area contributed by atoms with Crippen molar-refractivity contribution in [1.82, 2.24) is 14.2 Å². The van der Waals surface area contributed by atoms with Gasteiger partial charge in [0, 0.05) is 32.7 Å². The molecule has 0 radical (unpaired) electrons. The average molecular weight is 575 g/mol. The van der Waals surface area contributed by atoms with E-state index in [2.05, 4.69) is 4.90 Å². The van der Waals surface area contributed by atoms with Crippen molar-refractivity contribution in [1.29, 1.82) is 0 Å². The molecule has 10 nitrogen and oxygen atoms in total. The van der Waals surface area contributed by atoms with Crippen LogP contribution in [0.2, 0.25) is 0 Å². The van der Waals surface area contributed by atoms with E-state index in [1.807, 2.05) is 18.2 Å². The highest BCUT2D eigenvalue weighted by atomic mass is 32.2. The normalized spacial score (nSPS) is 18.9. The number of methoxy groups -OCH3 is 2. The molecule has 1 aromatic heterocycles. The Morgan fingerprint density at radius 3 is 2.51 bits per heavy atom. The van der Waals surface area contributed by atoms with Crippen LogP contribution < -0.4 is 14.4 Å². The molecule has 39 heavy (non-hydrogen) atoms. The molecular formula is C27H34N4O6S2. The molecule has 5 rings (SSSR count). The Kier molecular flexibility index (Phi) is 8.67. The topological polar surface area (TPSA) is 102 Å². The average Bonchev–Trinajstić information content (AvgIpc) is 3.63. The molecule has 1 amide bonds. The second kappa shape index (κ2) is 12.2. The maximum absolute atomic E-state index is 14.1. The van der Waals surface area contributed by atoms with Crippen molar-refractivity contribution in [3.8, 4) is 11.5 Å². The first-order valence-electron chi connectivity index (χ1n) is 13.1. The van der Waals surface area contributed by atoms with E-state index in [0.29, 0.717) is 50.0 Å². The third kappa shape index (κ3) is 6.04. The molecule has 0 bridgehead atoms. The maximum atomic E-state index is 14.1. The molecule has 210 valence electrons. The van der Waals surface area contributed by atoms with Crippen molar-refractivity contribution >= 4 is 42.6 Å². The van der Waals surface area contributed by atoms with Crippen LogP contribution in [-0.2, 0) is 19.6 Å². The fourth-order valence-electron chi connectivity index (χ4n) is 5.05. The number of morpholine rings is 1. The summed E-state index contributed by atoms with van der Waals surface area (Å²) in [6.45, 7) is 4.72. The minimum absolute atomic E-state index is 0.147. The number of aromatic nitrogens is 1. The molecule has 2 aliphatic heterocycles. The summed E-state index contributed by atoms with van der Waals surface area (Å²) in [6, 6.07) is 11.1. The van der Waals surface area contributed by atoms with Gasteiger partial charge in [-0.3, -0.25) is 14.6 Å². The molecule has 0 saturated carbocycles. The van der Waals surface area contributed by atoms with Crippen LogP contribution in [0.25, 0.3) is 10.2 Å². The van der Waals surface area contributed by atoms with Crippen molar-refractivity contribution in [3.63, 3.8) is 0 Å². The van der Waals surface area contributed by atoms with Gasteiger partial charge in [-0.1, -0.05) is 11.3 Å². The van der Waals surface area contributed by atoms with Crippen molar-refractivity contribution < 1.29 is 27.4 Å². The molecule has 0 N–H and O–H groups in total. The van der Waals surface area contributed by atoms with Gasteiger partial charge in [0.25, 0.3) is 0 Å². The molecule has 2 aromatic carbocycles. The second-order valence-corrected chi connectivity index (χ2v) is 12.5. The van der Waals surface area contributed by atoms with Gasteiger partial charge in [0.05, 0.1) is 42.5 Å². The summed E-state index contributed by atoms with van der Waals surface area (Å²) >= 11 is 1.42. The molecule has 2 saturated heterocycles. The molecule has 0 aliphatic carbocycles. The maximum Gasteiger partial charge on any atom is 0.247 e. The number of hydrogen-bond acceptors (Lipinski definition) is 9. The van der Waals surface area contributed by atoms with E-state index in [1.165, 1.54) is 34.9 Å². The zero-order chi connectivity index (χ0) is 27.4. The van der Waals surface area contributed by atoms with Gasteiger partial charge in [-0.25, -0.2) is 13.4 Å². The minimum Gasteiger partial charge on any atom is -0.497 e. The predicted molar refractivity (Wildman–Crippen MR) is 150 cm³/mol. The second-order valence-electron chi connectivity index (χ2n) is 9.58. The molecule has 1 atom stereocenters. The van der Waals surface area contributed by atoms with Gasteiger partial charge in [-0.15, -0.1) is 0 Å². The highest BCUT2D eigenvalue weighted by Crippen LogP contribution is 2.34. The summed E-state index contributed by atoms with van der Waals surface area (Å²) < 4.78 is 45.5. The van der Waals surface area contributed by atoms with Crippen LogP contribution in [0.15, 0.2) is 47.4 Å². The molecule has 2 aliphatic rings. The van der Waals surface area contributed by atoms with Crippen LogP contribution in [0.3, 0.4) is 0 Å². The monoisotopic (exact) mass is 574 g/mol. The molecule has 3 heterocycles. The lowest BCUT2D eigenvalue weighted by molar-refractivity contribution is -0.121. The largest absolute Gasteiger partial charge is 0.497 e. The first-order valence-corrected chi connectivity index (χ1v) is 15.4. The number of anilines is 1. The number of amides is 1.